The summed E-state index contributed by atoms with van der Waals surface area (Å²) in [6, 6.07) is 14.5. The molecule has 2 aromatic rings. The SMILES string of the molecule is CCCCc1ccc(OC(CN)c2ccccc2F)cc1. The average molecular weight is 287 g/mol. The molecule has 2 N–H and O–H groups in total. The minimum atomic E-state index is -0.465. The van der Waals surface area contributed by atoms with Gasteiger partial charge in [0.1, 0.15) is 17.7 Å². The second kappa shape index (κ2) is 7.79. The van der Waals surface area contributed by atoms with Gasteiger partial charge in [-0.15, -0.1) is 0 Å². The monoisotopic (exact) mass is 287 g/mol. The van der Waals surface area contributed by atoms with Crippen molar-refractivity contribution in [3.63, 3.8) is 0 Å². The zero-order valence-electron chi connectivity index (χ0n) is 12.4. The Labute approximate surface area is 125 Å². The van der Waals surface area contributed by atoms with Crippen molar-refractivity contribution in [3.8, 4) is 5.75 Å². The van der Waals surface area contributed by atoms with Gasteiger partial charge in [-0.25, -0.2) is 4.39 Å². The van der Waals surface area contributed by atoms with E-state index in [2.05, 4.69) is 19.1 Å². The highest BCUT2D eigenvalue weighted by Crippen LogP contribution is 2.24. The fourth-order valence-corrected chi connectivity index (χ4v) is 2.25. The summed E-state index contributed by atoms with van der Waals surface area (Å²) >= 11 is 0. The topological polar surface area (TPSA) is 35.2 Å². The number of rotatable bonds is 7. The molecule has 1 atom stereocenters. The summed E-state index contributed by atoms with van der Waals surface area (Å²) in [5.41, 5.74) is 7.51. The fraction of sp³-hybridized carbons (Fsp3) is 0.333. The maximum Gasteiger partial charge on any atom is 0.139 e. The normalized spacial score (nSPS) is 12.1. The lowest BCUT2D eigenvalue weighted by Gasteiger charge is -2.18. The molecule has 0 aliphatic carbocycles. The molecule has 0 radical (unpaired) electrons. The van der Waals surface area contributed by atoms with Crippen LogP contribution in [0.3, 0.4) is 0 Å². The predicted octanol–water partition coefficient (Wildman–Crippen LogP) is 4.25. The van der Waals surface area contributed by atoms with Crippen molar-refractivity contribution in [3.05, 3.63) is 65.5 Å². The van der Waals surface area contributed by atoms with Gasteiger partial charge in [-0.2, -0.15) is 0 Å². The van der Waals surface area contributed by atoms with Crippen LogP contribution in [-0.2, 0) is 6.42 Å². The van der Waals surface area contributed by atoms with E-state index in [0.29, 0.717) is 11.3 Å². The summed E-state index contributed by atoms with van der Waals surface area (Å²) in [7, 11) is 0. The Bertz CT molecular complexity index is 553. The fourth-order valence-electron chi connectivity index (χ4n) is 2.25. The third kappa shape index (κ3) is 4.30. The number of ether oxygens (including phenoxy) is 1. The lowest BCUT2D eigenvalue weighted by atomic mass is 10.1. The van der Waals surface area contributed by atoms with Crippen molar-refractivity contribution in [1.29, 1.82) is 0 Å². The van der Waals surface area contributed by atoms with Crippen LogP contribution in [0.5, 0.6) is 5.75 Å². The lowest BCUT2D eigenvalue weighted by Crippen LogP contribution is -2.19. The average Bonchev–Trinajstić information content (AvgIpc) is 2.52. The maximum atomic E-state index is 13.8. The lowest BCUT2D eigenvalue weighted by molar-refractivity contribution is 0.209. The molecule has 21 heavy (non-hydrogen) atoms. The molecule has 1 unspecified atom stereocenters. The summed E-state index contributed by atoms with van der Waals surface area (Å²) in [6.07, 6.45) is 2.97. The van der Waals surface area contributed by atoms with Crippen LogP contribution >= 0.6 is 0 Å². The molecule has 0 saturated heterocycles. The van der Waals surface area contributed by atoms with Crippen LogP contribution < -0.4 is 10.5 Å². The molecule has 0 heterocycles. The number of halogens is 1. The Hall–Kier alpha value is -1.87. The number of hydrogen-bond donors (Lipinski definition) is 1. The number of aryl methyl sites for hydroxylation is 1. The van der Waals surface area contributed by atoms with Crippen LogP contribution in [0, 0.1) is 5.82 Å². The van der Waals surface area contributed by atoms with Crippen molar-refractivity contribution < 1.29 is 9.13 Å². The molecule has 112 valence electrons. The molecule has 0 aliphatic rings. The summed E-state index contributed by atoms with van der Waals surface area (Å²) < 4.78 is 19.6. The molecular formula is C18H22FNO. The van der Waals surface area contributed by atoms with Crippen molar-refractivity contribution in [2.24, 2.45) is 5.73 Å². The van der Waals surface area contributed by atoms with Crippen LogP contribution in [0.1, 0.15) is 37.0 Å². The summed E-state index contributed by atoms with van der Waals surface area (Å²) in [4.78, 5) is 0. The molecule has 0 aromatic heterocycles. The first-order chi connectivity index (χ1) is 10.2. The third-order valence-corrected chi connectivity index (χ3v) is 3.49. The molecule has 2 rings (SSSR count). The molecule has 3 heteroatoms. The highest BCUT2D eigenvalue weighted by molar-refractivity contribution is 5.29. The van der Waals surface area contributed by atoms with Gasteiger partial charge in [0.15, 0.2) is 0 Å². The smallest absolute Gasteiger partial charge is 0.139 e. The van der Waals surface area contributed by atoms with Gasteiger partial charge in [-0.05, 0) is 36.6 Å². The first-order valence-electron chi connectivity index (χ1n) is 7.44. The first-order valence-corrected chi connectivity index (χ1v) is 7.44. The van der Waals surface area contributed by atoms with E-state index in [1.807, 2.05) is 12.1 Å². The van der Waals surface area contributed by atoms with E-state index >= 15 is 0 Å². The molecule has 0 fully saturated rings. The van der Waals surface area contributed by atoms with E-state index < -0.39 is 6.10 Å². The molecule has 0 amide bonds. The van der Waals surface area contributed by atoms with Gasteiger partial charge in [-0.1, -0.05) is 43.7 Å². The van der Waals surface area contributed by atoms with Crippen molar-refractivity contribution in [1.82, 2.24) is 0 Å². The Kier molecular flexibility index (Phi) is 5.76. The minimum absolute atomic E-state index is 0.235. The Morgan fingerprint density at radius 3 is 2.43 bits per heavy atom. The van der Waals surface area contributed by atoms with Gasteiger partial charge < -0.3 is 10.5 Å². The van der Waals surface area contributed by atoms with E-state index in [4.69, 9.17) is 10.5 Å². The molecule has 0 spiro atoms. The Morgan fingerprint density at radius 1 is 1.10 bits per heavy atom. The van der Waals surface area contributed by atoms with Crippen molar-refractivity contribution >= 4 is 0 Å². The second-order valence-electron chi connectivity index (χ2n) is 5.11. The number of nitrogens with two attached hydrogens (primary N) is 1. The highest BCUT2D eigenvalue weighted by Gasteiger charge is 2.15. The van der Waals surface area contributed by atoms with Crippen LogP contribution in [0.25, 0.3) is 0 Å². The first kappa shape index (κ1) is 15.5. The van der Waals surface area contributed by atoms with Crippen LogP contribution in [0.4, 0.5) is 4.39 Å². The van der Waals surface area contributed by atoms with Crippen molar-refractivity contribution in [2.75, 3.05) is 6.54 Å². The van der Waals surface area contributed by atoms with Gasteiger partial charge in [0, 0.05) is 12.1 Å². The third-order valence-electron chi connectivity index (χ3n) is 3.49. The number of benzene rings is 2. The summed E-state index contributed by atoms with van der Waals surface area (Å²) in [5.74, 6) is 0.432. The summed E-state index contributed by atoms with van der Waals surface area (Å²) in [6.45, 7) is 2.41. The zero-order chi connectivity index (χ0) is 15.1. The minimum Gasteiger partial charge on any atom is -0.484 e. The Morgan fingerprint density at radius 2 is 1.81 bits per heavy atom. The van der Waals surface area contributed by atoms with Gasteiger partial charge in [0.25, 0.3) is 0 Å². The quantitative estimate of drug-likeness (QED) is 0.826. The second-order valence-corrected chi connectivity index (χ2v) is 5.11. The zero-order valence-corrected chi connectivity index (χ0v) is 12.4. The molecule has 0 bridgehead atoms. The van der Waals surface area contributed by atoms with E-state index in [-0.39, 0.29) is 12.4 Å². The van der Waals surface area contributed by atoms with E-state index in [9.17, 15) is 4.39 Å². The molecule has 2 aromatic carbocycles. The van der Waals surface area contributed by atoms with Crippen LogP contribution in [0.15, 0.2) is 48.5 Å². The van der Waals surface area contributed by atoms with Gasteiger partial charge in [-0.3, -0.25) is 0 Å². The standard InChI is InChI=1S/C18H22FNO/c1-2-3-6-14-9-11-15(12-10-14)21-18(13-20)16-7-4-5-8-17(16)19/h4-5,7-12,18H,2-3,6,13,20H2,1H3. The van der Waals surface area contributed by atoms with Gasteiger partial charge in [0.2, 0.25) is 0 Å². The largest absolute Gasteiger partial charge is 0.484 e. The van der Waals surface area contributed by atoms with Crippen LogP contribution in [0.2, 0.25) is 0 Å². The van der Waals surface area contributed by atoms with Gasteiger partial charge >= 0.3 is 0 Å². The van der Waals surface area contributed by atoms with E-state index in [1.54, 1.807) is 18.2 Å². The molecule has 2 nitrogen and oxygen atoms in total. The van der Waals surface area contributed by atoms with Crippen molar-refractivity contribution in [2.45, 2.75) is 32.3 Å². The molecule has 0 aliphatic heterocycles. The predicted molar refractivity (Wildman–Crippen MR) is 83.9 cm³/mol. The Balaban J connectivity index is 2.07. The maximum absolute atomic E-state index is 13.8. The molecule has 0 saturated carbocycles. The highest BCUT2D eigenvalue weighted by atomic mass is 19.1. The number of unbranched alkanes of at least 4 members (excludes halogenated alkanes) is 1. The van der Waals surface area contributed by atoms with Gasteiger partial charge in [0.05, 0.1) is 0 Å². The number of hydrogen-bond acceptors (Lipinski definition) is 2. The summed E-state index contributed by atoms with van der Waals surface area (Å²) in [5, 5.41) is 0. The van der Waals surface area contributed by atoms with E-state index in [1.165, 1.54) is 24.5 Å². The molecular weight excluding hydrogens is 265 g/mol. The van der Waals surface area contributed by atoms with Crippen LogP contribution in [-0.4, -0.2) is 6.54 Å². The van der Waals surface area contributed by atoms with E-state index in [0.717, 1.165) is 6.42 Å².